The number of carbonyl (C=O) groups excluding carboxylic acids is 1. The summed E-state index contributed by atoms with van der Waals surface area (Å²) in [5.41, 5.74) is 0. The highest BCUT2D eigenvalue weighted by atomic mass is 127. The zero-order valence-electron chi connectivity index (χ0n) is 11.1. The molecule has 3 nitrogen and oxygen atoms in total. The van der Waals surface area contributed by atoms with E-state index >= 15 is 0 Å². The van der Waals surface area contributed by atoms with E-state index in [2.05, 4.69) is 22.6 Å². The van der Waals surface area contributed by atoms with Crippen molar-refractivity contribution in [3.8, 4) is 0 Å². The molecule has 2 rings (SSSR count). The molecule has 2 fully saturated rings. The Kier molecular flexibility index (Phi) is 5.73. The molecule has 18 heavy (non-hydrogen) atoms. The van der Waals surface area contributed by atoms with Crippen molar-refractivity contribution in [3.63, 3.8) is 0 Å². The van der Waals surface area contributed by atoms with Crippen molar-refractivity contribution in [2.24, 2.45) is 5.92 Å². The summed E-state index contributed by atoms with van der Waals surface area (Å²) in [7, 11) is 0. The van der Waals surface area contributed by atoms with Crippen LogP contribution in [0.4, 0.5) is 0 Å². The summed E-state index contributed by atoms with van der Waals surface area (Å²) < 4.78 is 11.8. The van der Waals surface area contributed by atoms with Gasteiger partial charge in [0.1, 0.15) is 0 Å². The van der Waals surface area contributed by atoms with E-state index in [1.54, 1.807) is 0 Å². The van der Waals surface area contributed by atoms with Crippen LogP contribution >= 0.6 is 22.6 Å². The average Bonchev–Trinajstić information content (AvgIpc) is 2.73. The second-order valence-corrected chi connectivity index (χ2v) is 6.97. The molecule has 2 aliphatic carbocycles. The first-order valence-electron chi connectivity index (χ1n) is 7.17. The van der Waals surface area contributed by atoms with Crippen LogP contribution in [-0.4, -0.2) is 28.7 Å². The lowest BCUT2D eigenvalue weighted by atomic mass is 9.97. The van der Waals surface area contributed by atoms with E-state index in [1.165, 1.54) is 32.1 Å². The summed E-state index contributed by atoms with van der Waals surface area (Å²) in [5.74, 6) is 0.0225. The lowest BCUT2D eigenvalue weighted by Gasteiger charge is -2.27. The third kappa shape index (κ3) is 3.83. The highest BCUT2D eigenvalue weighted by molar-refractivity contribution is 14.1. The second-order valence-electron chi connectivity index (χ2n) is 5.37. The van der Waals surface area contributed by atoms with Crippen molar-refractivity contribution < 1.29 is 14.3 Å². The molecule has 3 atom stereocenters. The molecule has 0 aromatic rings. The Morgan fingerprint density at radius 3 is 2.61 bits per heavy atom. The molecule has 4 heteroatoms. The fourth-order valence-electron chi connectivity index (χ4n) is 2.99. The van der Waals surface area contributed by atoms with Gasteiger partial charge in [-0.3, -0.25) is 4.79 Å². The Labute approximate surface area is 123 Å². The van der Waals surface area contributed by atoms with Gasteiger partial charge in [-0.1, -0.05) is 41.9 Å². The molecule has 0 N–H and O–H groups in total. The van der Waals surface area contributed by atoms with Gasteiger partial charge in [0.25, 0.3) is 0 Å². The summed E-state index contributed by atoms with van der Waals surface area (Å²) >= 11 is 2.43. The Morgan fingerprint density at radius 2 is 1.94 bits per heavy atom. The van der Waals surface area contributed by atoms with Crippen LogP contribution in [0.1, 0.15) is 51.9 Å². The monoisotopic (exact) mass is 366 g/mol. The maximum atomic E-state index is 11.7. The second kappa shape index (κ2) is 7.08. The minimum absolute atomic E-state index is 0.0334. The van der Waals surface area contributed by atoms with E-state index in [9.17, 15) is 4.79 Å². The summed E-state index contributed by atoms with van der Waals surface area (Å²) in [5, 5.41) is 0. The van der Waals surface area contributed by atoms with Gasteiger partial charge in [0.2, 0.25) is 0 Å². The predicted molar refractivity (Wildman–Crippen MR) is 78.9 cm³/mol. The molecule has 0 bridgehead atoms. The highest BCUT2D eigenvalue weighted by Gasteiger charge is 2.39. The Balaban J connectivity index is 1.81. The van der Waals surface area contributed by atoms with Crippen LogP contribution in [0.3, 0.4) is 0 Å². The van der Waals surface area contributed by atoms with Gasteiger partial charge in [0, 0.05) is 3.92 Å². The number of hydrogen-bond acceptors (Lipinski definition) is 3. The number of carbonyl (C=O) groups is 1. The van der Waals surface area contributed by atoms with Crippen LogP contribution in [-0.2, 0) is 14.3 Å². The summed E-state index contributed by atoms with van der Waals surface area (Å²) in [6.07, 6.45) is 8.79. The van der Waals surface area contributed by atoms with Crippen molar-refractivity contribution in [2.45, 2.75) is 68.0 Å². The smallest absolute Gasteiger partial charge is 0.309 e. The molecular weight excluding hydrogens is 343 g/mol. The lowest BCUT2D eigenvalue weighted by Crippen LogP contribution is -2.27. The zero-order chi connectivity index (χ0) is 13.0. The third-order valence-corrected chi connectivity index (χ3v) is 5.28. The zero-order valence-corrected chi connectivity index (χ0v) is 13.2. The predicted octanol–water partition coefficient (Wildman–Crippen LogP) is 3.48. The third-order valence-electron chi connectivity index (χ3n) is 3.97. The van der Waals surface area contributed by atoms with E-state index in [1.807, 2.05) is 6.92 Å². The lowest BCUT2D eigenvalue weighted by molar-refractivity contribution is -0.148. The fraction of sp³-hybridized carbons (Fsp3) is 0.929. The van der Waals surface area contributed by atoms with Crippen LogP contribution in [0.15, 0.2) is 0 Å². The molecule has 0 radical (unpaired) electrons. The fourth-order valence-corrected chi connectivity index (χ4v) is 4.07. The van der Waals surface area contributed by atoms with Gasteiger partial charge in [-0.2, -0.15) is 0 Å². The van der Waals surface area contributed by atoms with Gasteiger partial charge in [0.15, 0.2) is 0 Å². The molecule has 2 saturated carbocycles. The van der Waals surface area contributed by atoms with Gasteiger partial charge in [-0.05, 0) is 32.6 Å². The van der Waals surface area contributed by atoms with Crippen molar-refractivity contribution >= 4 is 28.6 Å². The number of halogens is 1. The molecule has 0 spiro atoms. The topological polar surface area (TPSA) is 35.5 Å². The molecule has 0 amide bonds. The molecule has 0 saturated heterocycles. The number of ether oxygens (including phenoxy) is 2. The standard InChI is InChI=1S/C14H23IO3/c1-2-17-14(16)10-8-12(15)13(9-10)18-11-6-4-3-5-7-11/h10-13H,2-9H2,1H3. The Morgan fingerprint density at radius 1 is 1.22 bits per heavy atom. The van der Waals surface area contributed by atoms with Crippen molar-refractivity contribution in [1.29, 1.82) is 0 Å². The highest BCUT2D eigenvalue weighted by Crippen LogP contribution is 2.36. The minimum Gasteiger partial charge on any atom is -0.466 e. The summed E-state index contributed by atoms with van der Waals surface area (Å²) in [4.78, 5) is 11.7. The number of esters is 1. The van der Waals surface area contributed by atoms with Gasteiger partial charge >= 0.3 is 5.97 Å². The number of hydrogen-bond donors (Lipinski definition) is 0. The molecule has 0 aromatic carbocycles. The normalized spacial score (nSPS) is 33.6. The van der Waals surface area contributed by atoms with Crippen LogP contribution < -0.4 is 0 Å². The first kappa shape index (κ1) is 14.6. The van der Waals surface area contributed by atoms with E-state index in [4.69, 9.17) is 9.47 Å². The van der Waals surface area contributed by atoms with Gasteiger partial charge in [0.05, 0.1) is 24.7 Å². The van der Waals surface area contributed by atoms with E-state index in [-0.39, 0.29) is 18.0 Å². The molecule has 2 aliphatic rings. The van der Waals surface area contributed by atoms with Crippen LogP contribution in [0.2, 0.25) is 0 Å². The molecular formula is C14H23IO3. The Bertz CT molecular complexity index is 276. The van der Waals surface area contributed by atoms with E-state index in [0.29, 0.717) is 16.6 Å². The van der Waals surface area contributed by atoms with E-state index < -0.39 is 0 Å². The quantitative estimate of drug-likeness (QED) is 0.434. The number of alkyl halides is 1. The minimum atomic E-state index is -0.0334. The molecule has 104 valence electrons. The van der Waals surface area contributed by atoms with Crippen molar-refractivity contribution in [1.82, 2.24) is 0 Å². The maximum absolute atomic E-state index is 11.7. The van der Waals surface area contributed by atoms with Crippen LogP contribution in [0, 0.1) is 5.92 Å². The Hall–Kier alpha value is 0.160. The molecule has 0 aliphatic heterocycles. The van der Waals surface area contributed by atoms with Gasteiger partial charge in [-0.15, -0.1) is 0 Å². The number of rotatable bonds is 4. The molecule has 0 aromatic heterocycles. The molecule has 3 unspecified atom stereocenters. The van der Waals surface area contributed by atoms with Gasteiger partial charge in [-0.25, -0.2) is 0 Å². The summed E-state index contributed by atoms with van der Waals surface area (Å²) in [6.45, 7) is 2.35. The average molecular weight is 366 g/mol. The van der Waals surface area contributed by atoms with E-state index in [0.717, 1.165) is 12.8 Å². The van der Waals surface area contributed by atoms with Crippen molar-refractivity contribution in [3.05, 3.63) is 0 Å². The van der Waals surface area contributed by atoms with Gasteiger partial charge < -0.3 is 9.47 Å². The first-order valence-corrected chi connectivity index (χ1v) is 8.41. The molecule has 0 heterocycles. The SMILES string of the molecule is CCOC(=O)C1CC(I)C(OC2CCCCC2)C1. The van der Waals surface area contributed by atoms with Crippen LogP contribution in [0.25, 0.3) is 0 Å². The van der Waals surface area contributed by atoms with Crippen molar-refractivity contribution in [2.75, 3.05) is 6.61 Å². The summed E-state index contributed by atoms with van der Waals surface area (Å²) in [6, 6.07) is 0. The largest absolute Gasteiger partial charge is 0.466 e. The first-order chi connectivity index (χ1) is 8.70. The van der Waals surface area contributed by atoms with Crippen LogP contribution in [0.5, 0.6) is 0 Å². The maximum Gasteiger partial charge on any atom is 0.309 e.